The first-order valence-corrected chi connectivity index (χ1v) is 6.85. The molecule has 2 nitrogen and oxygen atoms in total. The smallest absolute Gasteiger partial charge is 0.532 e. The summed E-state index contributed by atoms with van der Waals surface area (Å²) in [5.74, 6) is -8.59. The summed E-state index contributed by atoms with van der Waals surface area (Å²) in [6.45, 7) is 0. The molecule has 0 aromatic heterocycles. The molecule has 0 unspecified atom stereocenters. The van der Waals surface area contributed by atoms with Gasteiger partial charge in [0.05, 0.1) is 5.39 Å². The van der Waals surface area contributed by atoms with Gasteiger partial charge in [0.1, 0.15) is 23.2 Å². The third-order valence-corrected chi connectivity index (χ3v) is 3.51. The normalized spacial score (nSPS) is 11.0. The Kier molecular flexibility index (Phi) is 4.34. The van der Waals surface area contributed by atoms with E-state index >= 15 is 0 Å². The Morgan fingerprint density at radius 1 is 0.760 bits per heavy atom. The van der Waals surface area contributed by atoms with Gasteiger partial charge in [-0.1, -0.05) is 6.07 Å². The Bertz CT molecular complexity index is 979. The van der Waals surface area contributed by atoms with Crippen molar-refractivity contribution >= 4 is 23.4 Å². The second kappa shape index (κ2) is 6.32. The topological polar surface area (TPSA) is 29.5 Å². The standard InChI is InChI=1S/C16H7BF6O2/c18-7-5-8-13(4-3-10(19)14(8)12(21)6-7)25-17(24)9-1-2-11(20)16(23)15(9)22/h1-6,24H. The highest BCUT2D eigenvalue weighted by atomic mass is 19.2. The number of halogens is 6. The van der Waals surface area contributed by atoms with Crippen molar-refractivity contribution in [1.82, 2.24) is 0 Å². The van der Waals surface area contributed by atoms with Gasteiger partial charge in [-0.15, -0.1) is 0 Å². The Morgan fingerprint density at radius 3 is 2.16 bits per heavy atom. The summed E-state index contributed by atoms with van der Waals surface area (Å²) >= 11 is 0. The van der Waals surface area contributed by atoms with Crippen LogP contribution < -0.4 is 10.1 Å². The van der Waals surface area contributed by atoms with Crippen LogP contribution in [0.1, 0.15) is 0 Å². The third-order valence-electron chi connectivity index (χ3n) is 3.51. The Morgan fingerprint density at radius 2 is 1.44 bits per heavy atom. The zero-order valence-electron chi connectivity index (χ0n) is 12.2. The average molecular weight is 356 g/mol. The predicted molar refractivity (Wildman–Crippen MR) is 78.4 cm³/mol. The highest BCUT2D eigenvalue weighted by molar-refractivity contribution is 6.60. The second-order valence-electron chi connectivity index (χ2n) is 5.09. The van der Waals surface area contributed by atoms with Crippen molar-refractivity contribution in [3.8, 4) is 5.75 Å². The lowest BCUT2D eigenvalue weighted by molar-refractivity contribution is 0.421. The maximum Gasteiger partial charge on any atom is 0.563 e. The van der Waals surface area contributed by atoms with Crippen LogP contribution in [0.4, 0.5) is 26.3 Å². The van der Waals surface area contributed by atoms with Gasteiger partial charge in [-0.2, -0.15) is 0 Å². The molecule has 128 valence electrons. The quantitative estimate of drug-likeness (QED) is 0.443. The number of hydrogen-bond acceptors (Lipinski definition) is 2. The van der Waals surface area contributed by atoms with Crippen LogP contribution in [0.3, 0.4) is 0 Å². The monoisotopic (exact) mass is 356 g/mol. The molecule has 1 N–H and O–H groups in total. The Hall–Kier alpha value is -2.68. The van der Waals surface area contributed by atoms with Gasteiger partial charge in [0, 0.05) is 16.9 Å². The summed E-state index contributed by atoms with van der Waals surface area (Å²) in [5, 5.41) is 8.94. The van der Waals surface area contributed by atoms with Crippen molar-refractivity contribution in [3.63, 3.8) is 0 Å². The van der Waals surface area contributed by atoms with Crippen molar-refractivity contribution in [2.75, 3.05) is 0 Å². The molecule has 25 heavy (non-hydrogen) atoms. The van der Waals surface area contributed by atoms with E-state index in [4.69, 9.17) is 4.65 Å². The molecule has 9 heteroatoms. The van der Waals surface area contributed by atoms with Crippen molar-refractivity contribution in [2.45, 2.75) is 0 Å². The van der Waals surface area contributed by atoms with E-state index in [1.54, 1.807) is 0 Å². The molecule has 3 rings (SSSR count). The van der Waals surface area contributed by atoms with Crippen molar-refractivity contribution in [1.29, 1.82) is 0 Å². The van der Waals surface area contributed by atoms with Gasteiger partial charge in [0.25, 0.3) is 0 Å². The van der Waals surface area contributed by atoms with E-state index in [0.29, 0.717) is 12.1 Å². The molecular formula is C16H7BF6O2. The molecule has 0 heterocycles. The lowest BCUT2D eigenvalue weighted by Gasteiger charge is -2.14. The SMILES string of the molecule is OB(Oc1ccc(F)c2c(F)cc(F)cc12)c1ccc(F)c(F)c1F. The average Bonchev–Trinajstić information content (AvgIpc) is 2.54. The number of rotatable bonds is 3. The van der Waals surface area contributed by atoms with Crippen LogP contribution in [0, 0.1) is 34.9 Å². The minimum absolute atomic E-state index is 0.362. The molecule has 3 aromatic carbocycles. The lowest BCUT2D eigenvalue weighted by atomic mass is 9.78. The van der Waals surface area contributed by atoms with Gasteiger partial charge in [-0.05, 0) is 24.3 Å². The number of fused-ring (bicyclic) bond motifs is 1. The molecule has 0 saturated carbocycles. The van der Waals surface area contributed by atoms with Gasteiger partial charge < -0.3 is 9.68 Å². The van der Waals surface area contributed by atoms with E-state index in [9.17, 15) is 31.4 Å². The zero-order chi connectivity index (χ0) is 18.3. The van der Waals surface area contributed by atoms with E-state index in [0.717, 1.165) is 24.3 Å². The Balaban J connectivity index is 2.07. The van der Waals surface area contributed by atoms with Gasteiger partial charge in [-0.3, -0.25) is 0 Å². The van der Waals surface area contributed by atoms with E-state index in [-0.39, 0.29) is 11.1 Å². The molecule has 0 spiro atoms. The molecule has 0 aliphatic heterocycles. The third kappa shape index (κ3) is 3.02. The molecule has 0 atom stereocenters. The van der Waals surface area contributed by atoms with Crippen LogP contribution in [-0.2, 0) is 0 Å². The predicted octanol–water partition coefficient (Wildman–Crippen LogP) is 3.44. The summed E-state index contributed by atoms with van der Waals surface area (Å²) in [4.78, 5) is 0. The molecule has 0 amide bonds. The summed E-state index contributed by atoms with van der Waals surface area (Å²) in [5.41, 5.74) is -0.742. The van der Waals surface area contributed by atoms with Crippen LogP contribution in [0.2, 0.25) is 0 Å². The fourth-order valence-corrected chi connectivity index (χ4v) is 2.35. The molecular weight excluding hydrogens is 349 g/mol. The number of hydrogen-bond donors (Lipinski definition) is 1. The van der Waals surface area contributed by atoms with Crippen molar-refractivity contribution < 1.29 is 36.0 Å². The fourth-order valence-electron chi connectivity index (χ4n) is 2.35. The molecule has 0 radical (unpaired) electrons. The minimum Gasteiger partial charge on any atom is -0.532 e. The van der Waals surface area contributed by atoms with Crippen molar-refractivity contribution in [3.05, 3.63) is 71.3 Å². The van der Waals surface area contributed by atoms with Gasteiger partial charge in [0.2, 0.25) is 0 Å². The van der Waals surface area contributed by atoms with Crippen LogP contribution in [0.5, 0.6) is 5.75 Å². The molecule has 0 aliphatic rings. The highest BCUT2D eigenvalue weighted by Gasteiger charge is 2.28. The molecule has 0 aliphatic carbocycles. The fraction of sp³-hybridized carbons (Fsp3) is 0. The van der Waals surface area contributed by atoms with Crippen molar-refractivity contribution in [2.24, 2.45) is 0 Å². The second-order valence-corrected chi connectivity index (χ2v) is 5.09. The zero-order valence-corrected chi connectivity index (χ0v) is 12.2. The molecule has 3 aromatic rings. The van der Waals surface area contributed by atoms with E-state index in [2.05, 4.69) is 0 Å². The summed E-state index contributed by atoms with van der Waals surface area (Å²) in [6, 6.07) is 4.28. The Labute approximate surface area is 137 Å². The maximum atomic E-state index is 13.8. The van der Waals surface area contributed by atoms with E-state index in [1.807, 2.05) is 0 Å². The van der Waals surface area contributed by atoms with Gasteiger partial charge >= 0.3 is 7.12 Å². The number of benzene rings is 3. The minimum atomic E-state index is -2.13. The highest BCUT2D eigenvalue weighted by Crippen LogP contribution is 2.31. The van der Waals surface area contributed by atoms with Crippen LogP contribution in [0.25, 0.3) is 10.8 Å². The lowest BCUT2D eigenvalue weighted by Crippen LogP contribution is -2.39. The van der Waals surface area contributed by atoms with Gasteiger partial charge in [0.15, 0.2) is 17.5 Å². The summed E-state index contributed by atoms with van der Waals surface area (Å²) < 4.78 is 85.7. The van der Waals surface area contributed by atoms with Gasteiger partial charge in [-0.25, -0.2) is 26.3 Å². The molecule has 0 bridgehead atoms. The first-order valence-electron chi connectivity index (χ1n) is 6.85. The van der Waals surface area contributed by atoms with Crippen LogP contribution in [-0.4, -0.2) is 12.1 Å². The molecule has 0 fully saturated rings. The first-order chi connectivity index (χ1) is 11.8. The van der Waals surface area contributed by atoms with E-state index < -0.39 is 52.9 Å². The largest absolute Gasteiger partial charge is 0.563 e. The van der Waals surface area contributed by atoms with E-state index in [1.165, 1.54) is 0 Å². The summed E-state index contributed by atoms with van der Waals surface area (Å²) in [6.07, 6.45) is 0. The first kappa shape index (κ1) is 17.2. The summed E-state index contributed by atoms with van der Waals surface area (Å²) in [7, 11) is -2.13. The van der Waals surface area contributed by atoms with Crippen LogP contribution in [0.15, 0.2) is 36.4 Å². The maximum absolute atomic E-state index is 13.8. The molecule has 0 saturated heterocycles. The van der Waals surface area contributed by atoms with Crippen LogP contribution >= 0.6 is 0 Å².